The quantitative estimate of drug-likeness (QED) is 0.516. The van der Waals surface area contributed by atoms with E-state index in [1.165, 1.54) is 6.33 Å². The number of hydrogen-bond acceptors (Lipinski definition) is 4. The summed E-state index contributed by atoms with van der Waals surface area (Å²) in [6, 6.07) is 21.2. The van der Waals surface area contributed by atoms with E-state index in [1.54, 1.807) is 11.0 Å². The number of fused-ring (bicyclic) bond motifs is 1. The Morgan fingerprint density at radius 3 is 2.67 bits per heavy atom. The largest absolute Gasteiger partial charge is 0.348 e. The zero-order valence-electron chi connectivity index (χ0n) is 18.2. The van der Waals surface area contributed by atoms with E-state index in [9.17, 15) is 9.59 Å². The van der Waals surface area contributed by atoms with Gasteiger partial charge in [0, 0.05) is 30.3 Å². The number of carbonyl (C=O) groups excluding carboxylic acids is 2. The molecule has 1 unspecified atom stereocenters. The van der Waals surface area contributed by atoms with Gasteiger partial charge in [-0.1, -0.05) is 48.5 Å². The highest BCUT2D eigenvalue weighted by atomic mass is 16.2. The number of carbonyl (C=O) groups is 2. The molecular formula is C26H25N5O2. The maximum atomic E-state index is 13.4. The molecule has 1 saturated heterocycles. The van der Waals surface area contributed by atoms with Crippen LogP contribution in [-0.2, 0) is 6.54 Å². The van der Waals surface area contributed by atoms with Crippen LogP contribution < -0.4 is 5.32 Å². The number of nitrogens with one attached hydrogen (secondary N) is 1. The standard InChI is InChI=1S/C26H25N5O2/c32-25(21-12-11-19-6-1-2-7-20(19)14-21)29-23-9-5-13-30(16-23)26(33)24-10-4-3-8-22(24)15-31-18-27-17-28-31/h1-4,6-8,10-12,14,17-18,23H,5,9,13,15-16H2,(H,29,32). The van der Waals surface area contributed by atoms with Gasteiger partial charge in [0.15, 0.2) is 0 Å². The maximum absolute atomic E-state index is 13.4. The Bertz CT molecular complexity index is 1280. The summed E-state index contributed by atoms with van der Waals surface area (Å²) in [6.07, 6.45) is 4.82. The number of piperidine rings is 1. The molecule has 1 aliphatic heterocycles. The SMILES string of the molecule is O=C(NC1CCCN(C(=O)c2ccccc2Cn2cncn2)C1)c1ccc2ccccc2c1. The average molecular weight is 440 g/mol. The first-order valence-electron chi connectivity index (χ1n) is 11.2. The summed E-state index contributed by atoms with van der Waals surface area (Å²) in [4.78, 5) is 32.1. The molecule has 2 heterocycles. The number of rotatable bonds is 5. The van der Waals surface area contributed by atoms with Gasteiger partial charge in [0.25, 0.3) is 11.8 Å². The molecule has 0 saturated carbocycles. The maximum Gasteiger partial charge on any atom is 0.254 e. The van der Waals surface area contributed by atoms with Gasteiger partial charge in [0.2, 0.25) is 0 Å². The predicted octanol–water partition coefficient (Wildman–Crippen LogP) is 3.51. The fourth-order valence-corrected chi connectivity index (χ4v) is 4.40. The van der Waals surface area contributed by atoms with Gasteiger partial charge in [-0.15, -0.1) is 0 Å². The van der Waals surface area contributed by atoms with Gasteiger partial charge in [-0.3, -0.25) is 9.59 Å². The topological polar surface area (TPSA) is 80.1 Å². The highest BCUT2D eigenvalue weighted by molar-refractivity contribution is 5.99. The molecular weight excluding hydrogens is 414 g/mol. The van der Waals surface area contributed by atoms with E-state index in [2.05, 4.69) is 15.4 Å². The molecule has 0 radical (unpaired) electrons. The summed E-state index contributed by atoms with van der Waals surface area (Å²) in [5, 5.41) is 9.42. The molecule has 1 fully saturated rings. The van der Waals surface area contributed by atoms with Gasteiger partial charge in [-0.05, 0) is 47.4 Å². The van der Waals surface area contributed by atoms with Crippen LogP contribution >= 0.6 is 0 Å². The van der Waals surface area contributed by atoms with Crippen molar-refractivity contribution >= 4 is 22.6 Å². The third-order valence-electron chi connectivity index (χ3n) is 6.10. The zero-order valence-corrected chi connectivity index (χ0v) is 18.2. The first-order valence-corrected chi connectivity index (χ1v) is 11.2. The van der Waals surface area contributed by atoms with Crippen molar-refractivity contribution in [1.82, 2.24) is 25.0 Å². The minimum Gasteiger partial charge on any atom is -0.348 e. The first kappa shape index (κ1) is 20.9. The Morgan fingerprint density at radius 2 is 1.82 bits per heavy atom. The Morgan fingerprint density at radius 1 is 1.00 bits per heavy atom. The molecule has 1 N–H and O–H groups in total. The highest BCUT2D eigenvalue weighted by Crippen LogP contribution is 2.19. The van der Waals surface area contributed by atoms with E-state index >= 15 is 0 Å². The summed E-state index contributed by atoms with van der Waals surface area (Å²) >= 11 is 0. The van der Waals surface area contributed by atoms with Crippen molar-refractivity contribution in [2.45, 2.75) is 25.4 Å². The van der Waals surface area contributed by atoms with Gasteiger partial charge >= 0.3 is 0 Å². The molecule has 0 bridgehead atoms. The summed E-state index contributed by atoms with van der Waals surface area (Å²) in [7, 11) is 0. The predicted molar refractivity (Wildman–Crippen MR) is 126 cm³/mol. The van der Waals surface area contributed by atoms with Crippen molar-refractivity contribution in [3.63, 3.8) is 0 Å². The summed E-state index contributed by atoms with van der Waals surface area (Å²) in [6.45, 7) is 1.66. The van der Waals surface area contributed by atoms with Crippen LogP contribution in [0.4, 0.5) is 0 Å². The Hall–Kier alpha value is -4.00. The van der Waals surface area contributed by atoms with E-state index in [4.69, 9.17) is 0 Å². The average Bonchev–Trinajstić information content (AvgIpc) is 3.37. The molecule has 3 aromatic carbocycles. The van der Waals surface area contributed by atoms with Crippen LogP contribution in [0.2, 0.25) is 0 Å². The molecule has 5 rings (SSSR count). The van der Waals surface area contributed by atoms with Crippen LogP contribution in [0, 0.1) is 0 Å². The number of likely N-dealkylation sites (tertiary alicyclic amines) is 1. The number of benzene rings is 3. The summed E-state index contributed by atoms with van der Waals surface area (Å²) < 4.78 is 1.70. The van der Waals surface area contributed by atoms with Crippen molar-refractivity contribution < 1.29 is 9.59 Å². The highest BCUT2D eigenvalue weighted by Gasteiger charge is 2.27. The number of aromatic nitrogens is 3. The summed E-state index contributed by atoms with van der Waals surface area (Å²) in [5.74, 6) is -0.123. The second kappa shape index (κ2) is 9.24. The fraction of sp³-hybridized carbons (Fsp3) is 0.231. The third kappa shape index (κ3) is 4.62. The number of hydrogen-bond donors (Lipinski definition) is 1. The smallest absolute Gasteiger partial charge is 0.254 e. The molecule has 2 amide bonds. The van der Waals surface area contributed by atoms with E-state index in [1.807, 2.05) is 71.6 Å². The van der Waals surface area contributed by atoms with Crippen molar-refractivity contribution in [3.05, 3.63) is 96.1 Å². The molecule has 1 aromatic heterocycles. The number of nitrogens with zero attached hydrogens (tertiary/aromatic N) is 4. The van der Waals surface area contributed by atoms with Crippen LogP contribution in [0.5, 0.6) is 0 Å². The van der Waals surface area contributed by atoms with Gasteiger partial charge in [-0.2, -0.15) is 5.10 Å². The van der Waals surface area contributed by atoms with Crippen molar-refractivity contribution in [2.24, 2.45) is 0 Å². The Labute approximate surface area is 192 Å². The Kier molecular flexibility index (Phi) is 5.85. The Balaban J connectivity index is 1.28. The molecule has 4 aromatic rings. The van der Waals surface area contributed by atoms with Crippen molar-refractivity contribution in [2.75, 3.05) is 13.1 Å². The molecule has 7 heteroatoms. The molecule has 0 spiro atoms. The van der Waals surface area contributed by atoms with E-state index in [0.29, 0.717) is 30.8 Å². The van der Waals surface area contributed by atoms with Crippen LogP contribution in [0.15, 0.2) is 79.4 Å². The molecule has 33 heavy (non-hydrogen) atoms. The monoisotopic (exact) mass is 439 g/mol. The molecule has 1 aliphatic rings. The van der Waals surface area contributed by atoms with E-state index in [-0.39, 0.29) is 17.9 Å². The van der Waals surface area contributed by atoms with Gasteiger partial charge < -0.3 is 10.2 Å². The first-order chi connectivity index (χ1) is 16.2. The lowest BCUT2D eigenvalue weighted by molar-refractivity contribution is 0.0674. The minimum atomic E-state index is -0.105. The van der Waals surface area contributed by atoms with E-state index < -0.39 is 0 Å². The van der Waals surface area contributed by atoms with Gasteiger partial charge in [0.1, 0.15) is 12.7 Å². The number of amides is 2. The second-order valence-corrected chi connectivity index (χ2v) is 8.38. The second-order valence-electron chi connectivity index (χ2n) is 8.38. The molecule has 166 valence electrons. The van der Waals surface area contributed by atoms with Crippen molar-refractivity contribution in [3.8, 4) is 0 Å². The zero-order chi connectivity index (χ0) is 22.6. The lowest BCUT2D eigenvalue weighted by atomic mass is 10.0. The van der Waals surface area contributed by atoms with Crippen LogP contribution in [0.1, 0.15) is 39.1 Å². The normalized spacial score (nSPS) is 16.0. The summed E-state index contributed by atoms with van der Waals surface area (Å²) in [5.41, 5.74) is 2.19. The van der Waals surface area contributed by atoms with Gasteiger partial charge in [0.05, 0.1) is 6.54 Å². The van der Waals surface area contributed by atoms with E-state index in [0.717, 1.165) is 29.2 Å². The van der Waals surface area contributed by atoms with Crippen molar-refractivity contribution in [1.29, 1.82) is 0 Å². The molecule has 7 nitrogen and oxygen atoms in total. The lowest BCUT2D eigenvalue weighted by Crippen LogP contribution is -2.49. The van der Waals surface area contributed by atoms with Gasteiger partial charge in [-0.25, -0.2) is 9.67 Å². The van der Waals surface area contributed by atoms with Crippen LogP contribution in [0.3, 0.4) is 0 Å². The van der Waals surface area contributed by atoms with Crippen LogP contribution in [-0.4, -0.2) is 50.6 Å². The minimum absolute atomic E-state index is 0.0182. The fourth-order valence-electron chi connectivity index (χ4n) is 4.40. The van der Waals surface area contributed by atoms with Crippen LogP contribution in [0.25, 0.3) is 10.8 Å². The molecule has 0 aliphatic carbocycles. The molecule has 1 atom stereocenters. The third-order valence-corrected chi connectivity index (χ3v) is 6.10. The lowest BCUT2D eigenvalue weighted by Gasteiger charge is -2.33.